The van der Waals surface area contributed by atoms with Crippen LogP contribution in [0, 0.1) is 11.3 Å². The van der Waals surface area contributed by atoms with Gasteiger partial charge in [0.2, 0.25) is 0 Å². The number of amides is 1. The number of hydrogen-bond donors (Lipinski definition) is 1. The second kappa shape index (κ2) is 11.6. The van der Waals surface area contributed by atoms with E-state index < -0.39 is 11.9 Å². The molecule has 0 saturated carbocycles. The molecule has 1 amide bonds. The summed E-state index contributed by atoms with van der Waals surface area (Å²) in [5.41, 5.74) is 0.935. The van der Waals surface area contributed by atoms with Gasteiger partial charge >= 0.3 is 5.97 Å². The molecule has 31 heavy (non-hydrogen) atoms. The molecule has 0 aliphatic rings. The Bertz CT molecular complexity index is 1010. The van der Waals surface area contributed by atoms with Gasteiger partial charge in [-0.15, -0.1) is 0 Å². The molecule has 0 radical (unpaired) electrons. The van der Waals surface area contributed by atoms with Gasteiger partial charge in [-0.1, -0.05) is 15.9 Å². The molecule has 0 aliphatic carbocycles. The number of nitrogens with one attached hydrogen (secondary N) is 1. The number of carbonyl (C=O) groups excluding carboxylic acids is 2. The summed E-state index contributed by atoms with van der Waals surface area (Å²) in [5.74, 6) is 0.218. The summed E-state index contributed by atoms with van der Waals surface area (Å²) in [6.45, 7) is 1.86. The molecule has 2 aromatic carbocycles. The summed E-state index contributed by atoms with van der Waals surface area (Å²) in [7, 11) is 2.81. The van der Waals surface area contributed by atoms with E-state index in [9.17, 15) is 14.9 Å². The minimum atomic E-state index is -0.566. The van der Waals surface area contributed by atoms with E-state index in [1.54, 1.807) is 50.4 Å². The van der Waals surface area contributed by atoms with Gasteiger partial charge in [-0.25, -0.2) is 4.79 Å². The summed E-state index contributed by atoms with van der Waals surface area (Å²) >= 11 is 3.39. The molecule has 0 spiro atoms. The Kier molecular flexibility index (Phi) is 8.91. The molecule has 162 valence electrons. The van der Waals surface area contributed by atoms with Crippen molar-refractivity contribution in [3.8, 4) is 23.3 Å². The van der Waals surface area contributed by atoms with Crippen molar-refractivity contribution >= 4 is 39.6 Å². The number of carbonyl (C=O) groups is 2. The van der Waals surface area contributed by atoms with Gasteiger partial charge in [-0.3, -0.25) is 4.79 Å². The van der Waals surface area contributed by atoms with Crippen LogP contribution in [0.2, 0.25) is 0 Å². The lowest BCUT2D eigenvalue weighted by atomic mass is 10.1. The second-order valence-corrected chi connectivity index (χ2v) is 6.83. The lowest BCUT2D eigenvalue weighted by molar-refractivity contribution is -0.142. The Morgan fingerprint density at radius 1 is 1.13 bits per heavy atom. The van der Waals surface area contributed by atoms with Gasteiger partial charge in [0.25, 0.3) is 5.91 Å². The van der Waals surface area contributed by atoms with Crippen LogP contribution in [0.3, 0.4) is 0 Å². The number of methoxy groups -OCH3 is 2. The van der Waals surface area contributed by atoms with Crippen LogP contribution in [0.5, 0.6) is 17.2 Å². The van der Waals surface area contributed by atoms with Crippen molar-refractivity contribution in [3.63, 3.8) is 0 Å². The number of rotatable bonds is 9. The molecule has 0 aliphatic heterocycles. The molecule has 0 fully saturated rings. The SMILES string of the molecule is CCOc1cc(/C=C(\C#N)C(=O)Nc2ccc(OC)cc2)c(Br)cc1OCC(=O)OC. The third-order valence-electron chi connectivity index (χ3n) is 3.95. The van der Waals surface area contributed by atoms with Crippen LogP contribution in [-0.4, -0.2) is 39.3 Å². The molecule has 0 aromatic heterocycles. The molecule has 0 bridgehead atoms. The first kappa shape index (κ1) is 23.8. The number of esters is 1. The summed E-state index contributed by atoms with van der Waals surface area (Å²) in [5, 5.41) is 12.2. The minimum absolute atomic E-state index is 0.109. The molecule has 1 N–H and O–H groups in total. The van der Waals surface area contributed by atoms with Gasteiger partial charge in [-0.05, 0) is 55.0 Å². The molecule has 0 atom stereocenters. The Hall–Kier alpha value is -3.51. The number of nitriles is 1. The monoisotopic (exact) mass is 488 g/mol. The predicted octanol–water partition coefficient (Wildman–Crippen LogP) is 3.95. The van der Waals surface area contributed by atoms with E-state index in [-0.39, 0.29) is 12.2 Å². The van der Waals surface area contributed by atoms with Crippen molar-refractivity contribution in [1.29, 1.82) is 5.26 Å². The highest BCUT2D eigenvalue weighted by atomic mass is 79.9. The number of halogens is 1. The van der Waals surface area contributed by atoms with Crippen molar-refractivity contribution in [1.82, 2.24) is 0 Å². The fourth-order valence-electron chi connectivity index (χ4n) is 2.42. The number of benzene rings is 2. The number of anilines is 1. The van der Waals surface area contributed by atoms with Crippen LogP contribution in [0.25, 0.3) is 6.08 Å². The van der Waals surface area contributed by atoms with E-state index in [1.165, 1.54) is 13.2 Å². The maximum Gasteiger partial charge on any atom is 0.343 e. The highest BCUT2D eigenvalue weighted by molar-refractivity contribution is 9.10. The largest absolute Gasteiger partial charge is 0.497 e. The quantitative estimate of drug-likeness (QED) is 0.323. The zero-order valence-corrected chi connectivity index (χ0v) is 18.8. The van der Waals surface area contributed by atoms with Gasteiger partial charge in [-0.2, -0.15) is 5.26 Å². The van der Waals surface area contributed by atoms with Crippen LogP contribution in [0.1, 0.15) is 12.5 Å². The topological polar surface area (TPSA) is 107 Å². The molecular weight excluding hydrogens is 468 g/mol. The molecule has 9 heteroatoms. The Balaban J connectivity index is 2.28. The fourth-order valence-corrected chi connectivity index (χ4v) is 2.85. The lowest BCUT2D eigenvalue weighted by Crippen LogP contribution is -2.14. The standard InChI is InChI=1S/C22H21BrN2O6/c1-4-30-19-10-14(18(23)11-20(19)31-13-21(26)29-3)9-15(12-24)22(27)25-16-5-7-17(28-2)8-6-16/h5-11H,4,13H2,1-3H3,(H,25,27)/b15-9+. The first-order valence-electron chi connectivity index (χ1n) is 9.15. The lowest BCUT2D eigenvalue weighted by Gasteiger charge is -2.13. The molecule has 8 nitrogen and oxygen atoms in total. The third-order valence-corrected chi connectivity index (χ3v) is 4.64. The van der Waals surface area contributed by atoms with Gasteiger partial charge in [0.05, 0.1) is 20.8 Å². The van der Waals surface area contributed by atoms with E-state index in [2.05, 4.69) is 26.0 Å². The van der Waals surface area contributed by atoms with Gasteiger partial charge < -0.3 is 24.3 Å². The van der Waals surface area contributed by atoms with E-state index >= 15 is 0 Å². The maximum absolute atomic E-state index is 12.5. The smallest absolute Gasteiger partial charge is 0.343 e. The number of hydrogen-bond acceptors (Lipinski definition) is 7. The summed E-state index contributed by atoms with van der Waals surface area (Å²) in [4.78, 5) is 23.9. The van der Waals surface area contributed by atoms with E-state index in [0.717, 1.165) is 0 Å². The summed E-state index contributed by atoms with van der Waals surface area (Å²) in [6.07, 6.45) is 1.43. The Morgan fingerprint density at radius 3 is 2.39 bits per heavy atom. The van der Waals surface area contributed by atoms with Crippen LogP contribution in [0.15, 0.2) is 46.4 Å². The number of ether oxygens (including phenoxy) is 4. The average Bonchev–Trinajstić information content (AvgIpc) is 2.78. The summed E-state index contributed by atoms with van der Waals surface area (Å²) < 4.78 is 21.2. The van der Waals surface area contributed by atoms with Crippen LogP contribution >= 0.6 is 15.9 Å². The highest BCUT2D eigenvalue weighted by Crippen LogP contribution is 2.35. The van der Waals surface area contributed by atoms with E-state index in [1.807, 2.05) is 6.07 Å². The Labute approximate surface area is 188 Å². The molecule has 0 saturated heterocycles. The van der Waals surface area contributed by atoms with Crippen LogP contribution in [-0.2, 0) is 14.3 Å². The van der Waals surface area contributed by atoms with Gasteiger partial charge in [0.1, 0.15) is 17.4 Å². The molecule has 0 heterocycles. The molecular formula is C22H21BrN2O6. The Morgan fingerprint density at radius 2 is 1.81 bits per heavy atom. The minimum Gasteiger partial charge on any atom is -0.497 e. The van der Waals surface area contributed by atoms with E-state index in [4.69, 9.17) is 14.2 Å². The normalized spacial score (nSPS) is 10.6. The van der Waals surface area contributed by atoms with Crippen molar-refractivity contribution in [2.75, 3.05) is 32.8 Å². The zero-order chi connectivity index (χ0) is 22.8. The predicted molar refractivity (Wildman–Crippen MR) is 118 cm³/mol. The maximum atomic E-state index is 12.5. The second-order valence-electron chi connectivity index (χ2n) is 5.97. The molecule has 2 aromatic rings. The van der Waals surface area contributed by atoms with Gasteiger partial charge in [0, 0.05) is 10.2 Å². The first-order valence-corrected chi connectivity index (χ1v) is 9.94. The van der Waals surface area contributed by atoms with Crippen LogP contribution < -0.4 is 19.5 Å². The fraction of sp³-hybridized carbons (Fsp3) is 0.227. The van der Waals surface area contributed by atoms with Crippen LogP contribution in [0.4, 0.5) is 5.69 Å². The van der Waals surface area contributed by atoms with Crippen molar-refractivity contribution in [3.05, 3.63) is 52.0 Å². The molecule has 2 rings (SSSR count). The average molecular weight is 489 g/mol. The molecule has 0 unspecified atom stereocenters. The van der Waals surface area contributed by atoms with Crippen molar-refractivity contribution in [2.45, 2.75) is 6.92 Å². The first-order chi connectivity index (χ1) is 14.9. The summed E-state index contributed by atoms with van der Waals surface area (Å²) in [6, 6.07) is 11.8. The highest BCUT2D eigenvalue weighted by Gasteiger charge is 2.15. The van der Waals surface area contributed by atoms with Crippen molar-refractivity contribution in [2.24, 2.45) is 0 Å². The van der Waals surface area contributed by atoms with Crippen molar-refractivity contribution < 1.29 is 28.5 Å². The third kappa shape index (κ3) is 6.76. The van der Waals surface area contributed by atoms with E-state index in [0.29, 0.717) is 39.6 Å². The number of nitrogens with zero attached hydrogens (tertiary/aromatic N) is 1. The van der Waals surface area contributed by atoms with Gasteiger partial charge in [0.15, 0.2) is 18.1 Å². The zero-order valence-electron chi connectivity index (χ0n) is 17.2.